The van der Waals surface area contributed by atoms with E-state index in [4.69, 9.17) is 5.84 Å². The van der Waals surface area contributed by atoms with Gasteiger partial charge in [0.05, 0.1) is 2.88 Å². The van der Waals surface area contributed by atoms with Crippen molar-refractivity contribution in [1.82, 2.24) is 5.43 Å². The molecule has 1 rings (SSSR count). The number of nitrogens with one attached hydrogen (secondary N) is 1. The maximum absolute atomic E-state index is 5.47. The Morgan fingerprint density at radius 1 is 1.77 bits per heavy atom. The van der Waals surface area contributed by atoms with Crippen molar-refractivity contribution in [2.24, 2.45) is 5.84 Å². The molecule has 0 radical (unpaired) electrons. The van der Waals surface area contributed by atoms with E-state index in [1.165, 1.54) is 8.45 Å². The summed E-state index contributed by atoms with van der Waals surface area (Å²) in [6.07, 6.45) is 3.91. The standard InChI is InChI=1S/C9H13IN2S/c1-2-3-4-8(12-11)7-5-9(10)13-6-7/h2,5-6,8,12H,1,3-4,11H2. The summed E-state index contributed by atoms with van der Waals surface area (Å²) in [4.78, 5) is 0. The van der Waals surface area contributed by atoms with E-state index < -0.39 is 0 Å². The Hall–Kier alpha value is 0.0900. The van der Waals surface area contributed by atoms with Gasteiger partial charge in [-0.15, -0.1) is 17.9 Å². The number of nitrogens with two attached hydrogens (primary N) is 1. The molecule has 0 spiro atoms. The molecule has 1 heterocycles. The van der Waals surface area contributed by atoms with Crippen LogP contribution < -0.4 is 11.3 Å². The minimum Gasteiger partial charge on any atom is -0.271 e. The van der Waals surface area contributed by atoms with Gasteiger partial charge in [0.15, 0.2) is 0 Å². The first kappa shape index (κ1) is 11.2. The summed E-state index contributed by atoms with van der Waals surface area (Å²) in [7, 11) is 0. The molecule has 0 aliphatic rings. The summed E-state index contributed by atoms with van der Waals surface area (Å²) in [6, 6.07) is 2.43. The van der Waals surface area contributed by atoms with E-state index in [0.29, 0.717) is 0 Å². The number of hydrogen-bond acceptors (Lipinski definition) is 3. The lowest BCUT2D eigenvalue weighted by Gasteiger charge is -2.12. The predicted octanol–water partition coefficient (Wildman–Crippen LogP) is 2.82. The van der Waals surface area contributed by atoms with Crippen LogP contribution in [0.2, 0.25) is 0 Å². The molecule has 0 fully saturated rings. The Morgan fingerprint density at radius 2 is 2.54 bits per heavy atom. The Bertz CT molecular complexity index is 272. The minimum absolute atomic E-state index is 0.262. The third-order valence-electron chi connectivity index (χ3n) is 1.85. The zero-order valence-corrected chi connectivity index (χ0v) is 10.3. The van der Waals surface area contributed by atoms with Gasteiger partial charge in [0.1, 0.15) is 0 Å². The quantitative estimate of drug-likeness (QED) is 0.380. The summed E-state index contributed by atoms with van der Waals surface area (Å²) >= 11 is 4.06. The van der Waals surface area contributed by atoms with Crippen molar-refractivity contribution in [3.8, 4) is 0 Å². The first-order valence-electron chi connectivity index (χ1n) is 4.09. The summed E-state index contributed by atoms with van der Waals surface area (Å²) < 4.78 is 1.30. The van der Waals surface area contributed by atoms with Crippen LogP contribution in [0.5, 0.6) is 0 Å². The zero-order valence-electron chi connectivity index (χ0n) is 7.29. The van der Waals surface area contributed by atoms with Gasteiger partial charge in [-0.25, -0.2) is 0 Å². The summed E-state index contributed by atoms with van der Waals surface area (Å²) in [6.45, 7) is 3.70. The SMILES string of the molecule is C=CCCC(NN)c1csc(I)c1. The van der Waals surface area contributed by atoms with Gasteiger partial charge in [0.25, 0.3) is 0 Å². The van der Waals surface area contributed by atoms with E-state index in [1.807, 2.05) is 6.08 Å². The molecule has 1 aromatic rings. The molecular formula is C9H13IN2S. The third-order valence-corrected chi connectivity index (χ3v) is 3.66. The van der Waals surface area contributed by atoms with Crippen molar-refractivity contribution in [1.29, 1.82) is 0 Å². The Balaban J connectivity index is 2.60. The highest BCUT2D eigenvalue weighted by Crippen LogP contribution is 2.24. The second-order valence-electron chi connectivity index (χ2n) is 2.77. The molecule has 0 aliphatic carbocycles. The molecule has 0 amide bonds. The van der Waals surface area contributed by atoms with Gasteiger partial charge >= 0.3 is 0 Å². The zero-order chi connectivity index (χ0) is 9.68. The fourth-order valence-electron chi connectivity index (χ4n) is 1.14. The van der Waals surface area contributed by atoms with Crippen LogP contribution in [0, 0.1) is 2.88 Å². The van der Waals surface area contributed by atoms with Gasteiger partial charge < -0.3 is 0 Å². The average molecular weight is 308 g/mol. The molecule has 72 valence electrons. The fraction of sp³-hybridized carbons (Fsp3) is 0.333. The highest BCUT2D eigenvalue weighted by atomic mass is 127. The molecule has 0 saturated heterocycles. The lowest BCUT2D eigenvalue weighted by molar-refractivity contribution is 0.522. The molecule has 4 heteroatoms. The van der Waals surface area contributed by atoms with Crippen molar-refractivity contribution in [2.75, 3.05) is 0 Å². The van der Waals surface area contributed by atoms with E-state index in [0.717, 1.165) is 12.8 Å². The van der Waals surface area contributed by atoms with E-state index in [1.54, 1.807) is 11.3 Å². The van der Waals surface area contributed by atoms with Crippen molar-refractivity contribution < 1.29 is 0 Å². The largest absolute Gasteiger partial charge is 0.271 e. The third kappa shape index (κ3) is 3.38. The highest BCUT2D eigenvalue weighted by molar-refractivity contribution is 14.1. The van der Waals surface area contributed by atoms with Crippen LogP contribution in [0.3, 0.4) is 0 Å². The lowest BCUT2D eigenvalue weighted by atomic mass is 10.1. The maximum atomic E-state index is 5.47. The van der Waals surface area contributed by atoms with Crippen LogP contribution in [-0.2, 0) is 0 Å². The van der Waals surface area contributed by atoms with Crippen molar-refractivity contribution in [2.45, 2.75) is 18.9 Å². The smallest absolute Gasteiger partial charge is 0.0656 e. The van der Waals surface area contributed by atoms with E-state index in [-0.39, 0.29) is 6.04 Å². The van der Waals surface area contributed by atoms with Gasteiger partial charge in [0.2, 0.25) is 0 Å². The predicted molar refractivity (Wildman–Crippen MR) is 66.5 cm³/mol. The summed E-state index contributed by atoms with van der Waals surface area (Å²) in [5, 5.41) is 2.15. The monoisotopic (exact) mass is 308 g/mol. The van der Waals surface area contributed by atoms with E-state index in [9.17, 15) is 0 Å². The second kappa shape index (κ2) is 5.74. The van der Waals surface area contributed by atoms with Crippen LogP contribution in [0.15, 0.2) is 24.1 Å². The number of hydrogen-bond donors (Lipinski definition) is 2. The maximum Gasteiger partial charge on any atom is 0.0656 e. The molecule has 2 nitrogen and oxygen atoms in total. The van der Waals surface area contributed by atoms with Crippen LogP contribution in [0.1, 0.15) is 24.4 Å². The van der Waals surface area contributed by atoms with E-state index in [2.05, 4.69) is 46.0 Å². The first-order valence-corrected chi connectivity index (χ1v) is 6.04. The molecular weight excluding hydrogens is 295 g/mol. The van der Waals surface area contributed by atoms with Crippen LogP contribution in [-0.4, -0.2) is 0 Å². The molecule has 0 aromatic carbocycles. The van der Waals surface area contributed by atoms with E-state index >= 15 is 0 Å². The van der Waals surface area contributed by atoms with Gasteiger partial charge in [-0.05, 0) is 52.4 Å². The molecule has 1 unspecified atom stereocenters. The summed E-state index contributed by atoms with van der Waals surface area (Å²) in [5.41, 5.74) is 4.10. The number of rotatable bonds is 5. The van der Waals surface area contributed by atoms with Crippen LogP contribution in [0.25, 0.3) is 0 Å². The van der Waals surface area contributed by atoms with Crippen molar-refractivity contribution >= 4 is 33.9 Å². The second-order valence-corrected chi connectivity index (χ2v) is 5.57. The van der Waals surface area contributed by atoms with Gasteiger partial charge in [-0.2, -0.15) is 0 Å². The minimum atomic E-state index is 0.262. The Labute approximate surface area is 96.3 Å². The topological polar surface area (TPSA) is 38.0 Å². The molecule has 1 atom stereocenters. The number of hydrazine groups is 1. The normalized spacial score (nSPS) is 12.8. The lowest BCUT2D eigenvalue weighted by Crippen LogP contribution is -2.27. The average Bonchev–Trinajstić information content (AvgIpc) is 2.54. The number of thiophene rings is 1. The molecule has 0 saturated carbocycles. The summed E-state index contributed by atoms with van der Waals surface area (Å²) in [5.74, 6) is 5.47. The number of halogens is 1. The van der Waals surface area contributed by atoms with Gasteiger partial charge in [0, 0.05) is 6.04 Å². The highest BCUT2D eigenvalue weighted by Gasteiger charge is 2.09. The molecule has 0 aliphatic heterocycles. The Morgan fingerprint density at radius 3 is 3.00 bits per heavy atom. The molecule has 13 heavy (non-hydrogen) atoms. The fourth-order valence-corrected chi connectivity index (χ4v) is 2.56. The van der Waals surface area contributed by atoms with Crippen LogP contribution >= 0.6 is 33.9 Å². The van der Waals surface area contributed by atoms with Crippen LogP contribution in [0.4, 0.5) is 0 Å². The molecule has 3 N–H and O–H groups in total. The van der Waals surface area contributed by atoms with Gasteiger partial charge in [-0.1, -0.05) is 6.08 Å². The Kier molecular flexibility index (Phi) is 4.93. The molecule has 1 aromatic heterocycles. The number of allylic oxidation sites excluding steroid dienone is 1. The van der Waals surface area contributed by atoms with Crippen molar-refractivity contribution in [3.05, 3.63) is 32.5 Å². The van der Waals surface area contributed by atoms with Gasteiger partial charge in [-0.3, -0.25) is 11.3 Å². The van der Waals surface area contributed by atoms with Crippen molar-refractivity contribution in [3.63, 3.8) is 0 Å². The molecule has 0 bridgehead atoms. The first-order chi connectivity index (χ1) is 6.27.